The summed E-state index contributed by atoms with van der Waals surface area (Å²) in [5, 5.41) is 16.6. The van der Waals surface area contributed by atoms with Gasteiger partial charge in [-0.25, -0.2) is 23.7 Å². The zero-order valence-electron chi connectivity index (χ0n) is 21.8. The standard InChI is InChI=1S/C27H30FN7O4S/c28-17-11-21-24(30-14-17)34(20-6-9-40-10-7-20)27(39)35(26(21)38)19-3-1-18(2-4-19)31-25(37)22-12-23-29-13-16(5-8-36)15-33(23)32-22/h11-15,18-20,36H,1-10H2,(H,31,37)/t18-,19+. The van der Waals surface area contributed by atoms with Crippen LogP contribution >= 0.6 is 11.8 Å². The third-order valence-corrected chi connectivity index (χ3v) is 8.92. The number of aromatic nitrogens is 6. The second-order valence-corrected chi connectivity index (χ2v) is 11.7. The van der Waals surface area contributed by atoms with Crippen molar-refractivity contribution in [2.45, 2.75) is 63.1 Å². The van der Waals surface area contributed by atoms with Gasteiger partial charge in [0.25, 0.3) is 11.5 Å². The number of nitrogens with one attached hydrogen (secondary N) is 1. The minimum atomic E-state index is -0.612. The van der Waals surface area contributed by atoms with Crippen molar-refractivity contribution in [1.29, 1.82) is 0 Å². The van der Waals surface area contributed by atoms with Crippen LogP contribution in [0.5, 0.6) is 0 Å². The van der Waals surface area contributed by atoms with Crippen molar-refractivity contribution in [2.24, 2.45) is 0 Å². The normalized spacial score (nSPS) is 20.2. The van der Waals surface area contributed by atoms with Crippen molar-refractivity contribution in [3.63, 3.8) is 0 Å². The van der Waals surface area contributed by atoms with E-state index in [1.54, 1.807) is 23.0 Å². The van der Waals surface area contributed by atoms with Crippen molar-refractivity contribution >= 4 is 34.3 Å². The molecule has 2 fully saturated rings. The van der Waals surface area contributed by atoms with E-state index in [4.69, 9.17) is 5.11 Å². The van der Waals surface area contributed by atoms with Crippen LogP contribution in [-0.2, 0) is 6.42 Å². The molecule has 5 heterocycles. The molecule has 210 valence electrons. The Labute approximate surface area is 232 Å². The maximum atomic E-state index is 14.1. The molecule has 40 heavy (non-hydrogen) atoms. The monoisotopic (exact) mass is 567 g/mol. The highest BCUT2D eigenvalue weighted by atomic mass is 32.2. The van der Waals surface area contributed by atoms with Gasteiger partial charge in [-0.2, -0.15) is 16.9 Å². The number of rotatable bonds is 6. The Hall–Kier alpha value is -3.58. The van der Waals surface area contributed by atoms with Crippen LogP contribution in [-0.4, -0.2) is 63.9 Å². The van der Waals surface area contributed by atoms with Crippen LogP contribution in [0.15, 0.2) is 40.3 Å². The fourth-order valence-electron chi connectivity index (χ4n) is 5.82. The van der Waals surface area contributed by atoms with E-state index in [0.29, 0.717) is 37.8 Å². The fourth-order valence-corrected chi connectivity index (χ4v) is 6.90. The van der Waals surface area contributed by atoms with Gasteiger partial charge in [-0.05, 0) is 68.1 Å². The van der Waals surface area contributed by atoms with Crippen molar-refractivity contribution in [2.75, 3.05) is 18.1 Å². The zero-order valence-corrected chi connectivity index (χ0v) is 22.6. The van der Waals surface area contributed by atoms with Crippen LogP contribution in [0.1, 0.15) is 66.7 Å². The third kappa shape index (κ3) is 5.03. The molecule has 4 aromatic heterocycles. The topological polar surface area (TPSA) is 136 Å². The molecule has 1 saturated carbocycles. The lowest BCUT2D eigenvalue weighted by Crippen LogP contribution is -2.46. The van der Waals surface area contributed by atoms with Gasteiger partial charge in [-0.15, -0.1) is 0 Å². The first-order valence-electron chi connectivity index (χ1n) is 13.6. The molecule has 13 heteroatoms. The van der Waals surface area contributed by atoms with Gasteiger partial charge >= 0.3 is 5.69 Å². The van der Waals surface area contributed by atoms with Gasteiger partial charge in [0, 0.05) is 43.2 Å². The molecule has 1 aliphatic heterocycles. The van der Waals surface area contributed by atoms with Crippen LogP contribution in [0.25, 0.3) is 16.7 Å². The summed E-state index contributed by atoms with van der Waals surface area (Å²) in [7, 11) is 0. The number of halogens is 1. The summed E-state index contributed by atoms with van der Waals surface area (Å²) in [6.45, 7) is -0.00282. The Balaban J connectivity index is 1.21. The second kappa shape index (κ2) is 11.1. The van der Waals surface area contributed by atoms with Crippen molar-refractivity contribution in [1.82, 2.24) is 34.0 Å². The average molecular weight is 568 g/mol. The number of nitrogens with zero attached hydrogens (tertiary/aromatic N) is 6. The number of hydrogen-bond acceptors (Lipinski definition) is 8. The molecule has 1 saturated heterocycles. The predicted molar refractivity (Wildman–Crippen MR) is 148 cm³/mol. The van der Waals surface area contributed by atoms with Gasteiger partial charge in [0.1, 0.15) is 11.5 Å². The molecule has 1 aliphatic carbocycles. The Morgan fingerprint density at radius 1 is 1.02 bits per heavy atom. The Morgan fingerprint density at radius 3 is 2.52 bits per heavy atom. The summed E-state index contributed by atoms with van der Waals surface area (Å²) in [6.07, 6.45) is 8.66. The van der Waals surface area contributed by atoms with Crippen molar-refractivity contribution in [3.8, 4) is 0 Å². The molecule has 0 atom stereocenters. The highest BCUT2D eigenvalue weighted by molar-refractivity contribution is 7.99. The first-order chi connectivity index (χ1) is 19.4. The first kappa shape index (κ1) is 26.6. The van der Waals surface area contributed by atoms with Gasteiger partial charge in [-0.1, -0.05) is 0 Å². The van der Waals surface area contributed by atoms with E-state index in [2.05, 4.69) is 20.4 Å². The largest absolute Gasteiger partial charge is 0.396 e. The van der Waals surface area contributed by atoms with E-state index in [9.17, 15) is 18.8 Å². The first-order valence-corrected chi connectivity index (χ1v) is 14.7. The quantitative estimate of drug-likeness (QED) is 0.362. The van der Waals surface area contributed by atoms with Gasteiger partial charge in [0.05, 0.1) is 11.6 Å². The maximum absolute atomic E-state index is 14.1. The fraction of sp³-hybridized carbons (Fsp3) is 0.481. The number of thioether (sulfide) groups is 1. The molecule has 6 rings (SSSR count). The van der Waals surface area contributed by atoms with Crippen LogP contribution in [0, 0.1) is 5.82 Å². The number of aliphatic hydroxyl groups excluding tert-OH is 1. The molecule has 4 aromatic rings. The van der Waals surface area contributed by atoms with Crippen molar-refractivity contribution in [3.05, 3.63) is 68.6 Å². The Morgan fingerprint density at radius 2 is 1.77 bits per heavy atom. The smallest absolute Gasteiger partial charge is 0.333 e. The number of carbonyl (C=O) groups excluding carboxylic acids is 1. The number of fused-ring (bicyclic) bond motifs is 2. The number of aliphatic hydroxyl groups is 1. The lowest BCUT2D eigenvalue weighted by Gasteiger charge is -2.31. The minimum absolute atomic E-state index is 0.00282. The highest BCUT2D eigenvalue weighted by Gasteiger charge is 2.30. The van der Waals surface area contributed by atoms with E-state index in [1.807, 2.05) is 11.8 Å². The number of hydrogen-bond donors (Lipinski definition) is 2. The molecule has 2 aliphatic rings. The molecular weight excluding hydrogens is 537 g/mol. The third-order valence-electron chi connectivity index (χ3n) is 7.88. The summed E-state index contributed by atoms with van der Waals surface area (Å²) in [5.41, 5.74) is 0.926. The highest BCUT2D eigenvalue weighted by Crippen LogP contribution is 2.30. The van der Waals surface area contributed by atoms with Crippen LogP contribution < -0.4 is 16.6 Å². The van der Waals surface area contributed by atoms with E-state index < -0.39 is 17.1 Å². The Bertz CT molecular complexity index is 1690. The van der Waals surface area contributed by atoms with Gasteiger partial charge < -0.3 is 10.4 Å². The number of amides is 1. The lowest BCUT2D eigenvalue weighted by molar-refractivity contribution is 0.0916. The molecule has 1 amide bonds. The number of carbonyl (C=O) groups is 1. The Kier molecular flexibility index (Phi) is 7.41. The molecule has 0 unspecified atom stereocenters. The van der Waals surface area contributed by atoms with E-state index in [-0.39, 0.29) is 47.4 Å². The van der Waals surface area contributed by atoms with Gasteiger partial charge in [0.15, 0.2) is 11.3 Å². The zero-order chi connectivity index (χ0) is 27.8. The predicted octanol–water partition coefficient (Wildman–Crippen LogP) is 2.26. The summed E-state index contributed by atoms with van der Waals surface area (Å²) < 4.78 is 18.6. The van der Waals surface area contributed by atoms with Crippen LogP contribution in [0.2, 0.25) is 0 Å². The van der Waals surface area contributed by atoms with E-state index in [0.717, 1.165) is 36.1 Å². The minimum Gasteiger partial charge on any atom is -0.396 e. The van der Waals surface area contributed by atoms with Gasteiger partial charge in [0.2, 0.25) is 0 Å². The van der Waals surface area contributed by atoms with Crippen molar-refractivity contribution < 1.29 is 14.3 Å². The lowest BCUT2D eigenvalue weighted by atomic mass is 9.90. The van der Waals surface area contributed by atoms with E-state index in [1.165, 1.54) is 15.1 Å². The summed E-state index contributed by atoms with van der Waals surface area (Å²) >= 11 is 1.83. The molecule has 2 N–H and O–H groups in total. The molecular formula is C27H30FN7O4S. The second-order valence-electron chi connectivity index (χ2n) is 10.4. The van der Waals surface area contributed by atoms with Crippen LogP contribution in [0.4, 0.5) is 4.39 Å². The van der Waals surface area contributed by atoms with E-state index >= 15 is 0 Å². The molecule has 0 radical (unpaired) electrons. The maximum Gasteiger partial charge on any atom is 0.333 e. The summed E-state index contributed by atoms with van der Waals surface area (Å²) in [6, 6.07) is 2.21. The average Bonchev–Trinajstić information content (AvgIpc) is 3.39. The molecule has 0 aromatic carbocycles. The van der Waals surface area contributed by atoms with Gasteiger partial charge in [-0.3, -0.25) is 18.7 Å². The summed E-state index contributed by atoms with van der Waals surface area (Å²) in [4.78, 5) is 48.6. The molecule has 0 bridgehead atoms. The molecule has 11 nitrogen and oxygen atoms in total. The SMILES string of the molecule is O=C(N[C@H]1CC[C@@H](n2c(=O)c3cc(F)cnc3n(C3CCSCC3)c2=O)CC1)c1cc2ncc(CCO)cn2n1. The van der Waals surface area contributed by atoms with Crippen LogP contribution in [0.3, 0.4) is 0 Å². The number of pyridine rings is 1. The molecule has 0 spiro atoms. The summed E-state index contributed by atoms with van der Waals surface area (Å²) in [5.74, 6) is 0.893.